The second-order valence-corrected chi connectivity index (χ2v) is 4.04. The molecule has 1 aromatic heterocycles. The third-order valence-corrected chi connectivity index (χ3v) is 2.75. The Hall–Kier alpha value is -2.23. The first-order valence-corrected chi connectivity index (χ1v) is 5.83. The van der Waals surface area contributed by atoms with E-state index in [4.69, 9.17) is 4.42 Å². The van der Waals surface area contributed by atoms with Crippen molar-refractivity contribution in [2.75, 3.05) is 12.4 Å². The number of benzene rings is 1. The fourth-order valence-electron chi connectivity index (χ4n) is 1.68. The number of hydrogen-bond acceptors (Lipinski definition) is 3. The summed E-state index contributed by atoms with van der Waals surface area (Å²) in [6.45, 7) is 1.89. The molecule has 18 heavy (non-hydrogen) atoms. The highest BCUT2D eigenvalue weighted by molar-refractivity contribution is 5.94. The summed E-state index contributed by atoms with van der Waals surface area (Å²) < 4.78 is 5.24. The van der Waals surface area contributed by atoms with Crippen LogP contribution in [0.1, 0.15) is 29.1 Å². The lowest BCUT2D eigenvalue weighted by atomic mass is 10.1. The first-order valence-electron chi connectivity index (χ1n) is 5.83. The average Bonchev–Trinajstić information content (AvgIpc) is 2.92. The standard InChI is InChI=1S/C14H16N2O2/c1-10(13-4-3-9-18-13)16-14(17)11-5-7-12(15-2)8-6-11/h3-10,15H,1-2H3,(H,16,17). The lowest BCUT2D eigenvalue weighted by Gasteiger charge is -2.11. The lowest BCUT2D eigenvalue weighted by molar-refractivity contribution is 0.0935. The second kappa shape index (κ2) is 5.40. The van der Waals surface area contributed by atoms with Crippen LogP contribution in [0.4, 0.5) is 5.69 Å². The van der Waals surface area contributed by atoms with Crippen LogP contribution in [0.3, 0.4) is 0 Å². The quantitative estimate of drug-likeness (QED) is 0.869. The maximum absolute atomic E-state index is 12.0. The molecule has 2 rings (SSSR count). The molecule has 0 saturated heterocycles. The Morgan fingerprint density at radius 3 is 2.50 bits per heavy atom. The van der Waals surface area contributed by atoms with Crippen LogP contribution in [-0.2, 0) is 0 Å². The highest BCUT2D eigenvalue weighted by atomic mass is 16.3. The molecule has 94 valence electrons. The molecule has 1 unspecified atom stereocenters. The number of carbonyl (C=O) groups is 1. The average molecular weight is 244 g/mol. The van der Waals surface area contributed by atoms with Gasteiger partial charge in [0, 0.05) is 18.3 Å². The maximum atomic E-state index is 12.0. The maximum Gasteiger partial charge on any atom is 0.251 e. The predicted octanol–water partition coefficient (Wildman–Crippen LogP) is 2.81. The number of furan rings is 1. The van der Waals surface area contributed by atoms with Gasteiger partial charge < -0.3 is 15.1 Å². The topological polar surface area (TPSA) is 54.3 Å². The first-order chi connectivity index (χ1) is 8.70. The Balaban J connectivity index is 2.03. The normalized spacial score (nSPS) is 11.9. The molecule has 0 aliphatic heterocycles. The zero-order valence-corrected chi connectivity index (χ0v) is 10.4. The van der Waals surface area contributed by atoms with Gasteiger partial charge in [-0.05, 0) is 43.3 Å². The van der Waals surface area contributed by atoms with E-state index in [-0.39, 0.29) is 11.9 Å². The van der Waals surface area contributed by atoms with Crippen LogP contribution in [0.25, 0.3) is 0 Å². The van der Waals surface area contributed by atoms with Crippen molar-refractivity contribution in [2.24, 2.45) is 0 Å². The van der Waals surface area contributed by atoms with Gasteiger partial charge in [0.2, 0.25) is 0 Å². The molecule has 0 saturated carbocycles. The molecule has 1 aromatic carbocycles. The third kappa shape index (κ3) is 2.71. The minimum absolute atomic E-state index is 0.110. The van der Waals surface area contributed by atoms with E-state index in [0.717, 1.165) is 11.4 Å². The third-order valence-electron chi connectivity index (χ3n) is 2.75. The van der Waals surface area contributed by atoms with Gasteiger partial charge in [0.25, 0.3) is 5.91 Å². The number of amides is 1. The van der Waals surface area contributed by atoms with Crippen molar-refractivity contribution in [3.8, 4) is 0 Å². The van der Waals surface area contributed by atoms with Gasteiger partial charge in [0.15, 0.2) is 0 Å². The fourth-order valence-corrected chi connectivity index (χ4v) is 1.68. The minimum atomic E-state index is -0.142. The summed E-state index contributed by atoms with van der Waals surface area (Å²) >= 11 is 0. The van der Waals surface area contributed by atoms with Gasteiger partial charge in [-0.25, -0.2) is 0 Å². The van der Waals surface area contributed by atoms with E-state index in [1.807, 2.05) is 32.2 Å². The van der Waals surface area contributed by atoms with Crippen LogP contribution in [0.2, 0.25) is 0 Å². The van der Waals surface area contributed by atoms with E-state index in [1.54, 1.807) is 24.5 Å². The van der Waals surface area contributed by atoms with E-state index >= 15 is 0 Å². The van der Waals surface area contributed by atoms with Crippen LogP contribution >= 0.6 is 0 Å². The van der Waals surface area contributed by atoms with Gasteiger partial charge in [0.1, 0.15) is 5.76 Å². The highest BCUT2D eigenvalue weighted by Gasteiger charge is 2.12. The Bertz CT molecular complexity index is 503. The summed E-state index contributed by atoms with van der Waals surface area (Å²) in [6.07, 6.45) is 1.60. The zero-order chi connectivity index (χ0) is 13.0. The summed E-state index contributed by atoms with van der Waals surface area (Å²) in [6, 6.07) is 10.8. The number of nitrogens with one attached hydrogen (secondary N) is 2. The van der Waals surface area contributed by atoms with E-state index < -0.39 is 0 Å². The van der Waals surface area contributed by atoms with Gasteiger partial charge >= 0.3 is 0 Å². The molecule has 2 aromatic rings. The van der Waals surface area contributed by atoms with Crippen molar-refractivity contribution in [1.29, 1.82) is 0 Å². The summed E-state index contributed by atoms with van der Waals surface area (Å²) in [5, 5.41) is 5.89. The SMILES string of the molecule is CNc1ccc(C(=O)NC(C)c2ccco2)cc1. The van der Waals surface area contributed by atoms with Gasteiger partial charge in [-0.15, -0.1) is 0 Å². The smallest absolute Gasteiger partial charge is 0.251 e. The lowest BCUT2D eigenvalue weighted by Crippen LogP contribution is -2.26. The molecule has 1 amide bonds. The number of rotatable bonds is 4. The van der Waals surface area contributed by atoms with Crippen molar-refractivity contribution in [2.45, 2.75) is 13.0 Å². The van der Waals surface area contributed by atoms with Crippen molar-refractivity contribution in [3.05, 3.63) is 54.0 Å². The zero-order valence-electron chi connectivity index (χ0n) is 10.4. The number of hydrogen-bond donors (Lipinski definition) is 2. The molecule has 4 nitrogen and oxygen atoms in total. The molecule has 1 atom stereocenters. The molecule has 0 aliphatic rings. The molecule has 4 heteroatoms. The van der Waals surface area contributed by atoms with E-state index in [1.165, 1.54) is 0 Å². The van der Waals surface area contributed by atoms with E-state index in [2.05, 4.69) is 10.6 Å². The van der Waals surface area contributed by atoms with Crippen molar-refractivity contribution < 1.29 is 9.21 Å². The summed E-state index contributed by atoms with van der Waals surface area (Å²) in [4.78, 5) is 12.0. The fraction of sp³-hybridized carbons (Fsp3) is 0.214. The molecule has 0 bridgehead atoms. The van der Waals surface area contributed by atoms with Gasteiger partial charge in [0.05, 0.1) is 12.3 Å². The van der Waals surface area contributed by atoms with Crippen LogP contribution < -0.4 is 10.6 Å². The molecule has 1 heterocycles. The monoisotopic (exact) mass is 244 g/mol. The van der Waals surface area contributed by atoms with Gasteiger partial charge in [-0.2, -0.15) is 0 Å². The summed E-state index contributed by atoms with van der Waals surface area (Å²) in [5.41, 5.74) is 1.61. The molecule has 0 radical (unpaired) electrons. The Labute approximate surface area is 106 Å². The second-order valence-electron chi connectivity index (χ2n) is 4.04. The molecule has 0 aliphatic carbocycles. The Morgan fingerprint density at radius 2 is 1.94 bits per heavy atom. The largest absolute Gasteiger partial charge is 0.467 e. The van der Waals surface area contributed by atoms with E-state index in [0.29, 0.717) is 5.56 Å². The first kappa shape index (κ1) is 12.2. The van der Waals surface area contributed by atoms with Gasteiger partial charge in [-0.3, -0.25) is 4.79 Å². The highest BCUT2D eigenvalue weighted by Crippen LogP contribution is 2.14. The molecular formula is C14H16N2O2. The van der Waals surface area contributed by atoms with Crippen LogP contribution in [0.5, 0.6) is 0 Å². The van der Waals surface area contributed by atoms with E-state index in [9.17, 15) is 4.79 Å². The van der Waals surface area contributed by atoms with Crippen molar-refractivity contribution >= 4 is 11.6 Å². The van der Waals surface area contributed by atoms with Crippen LogP contribution in [-0.4, -0.2) is 13.0 Å². The predicted molar refractivity (Wildman–Crippen MR) is 70.6 cm³/mol. The number of carbonyl (C=O) groups excluding carboxylic acids is 1. The van der Waals surface area contributed by atoms with Crippen LogP contribution in [0, 0.1) is 0 Å². The molecule has 0 spiro atoms. The molecule has 0 fully saturated rings. The summed E-state index contributed by atoms with van der Waals surface area (Å²) in [5.74, 6) is 0.636. The molecular weight excluding hydrogens is 228 g/mol. The Morgan fingerprint density at radius 1 is 1.22 bits per heavy atom. The number of anilines is 1. The van der Waals surface area contributed by atoms with Crippen molar-refractivity contribution in [1.82, 2.24) is 5.32 Å². The summed E-state index contributed by atoms with van der Waals surface area (Å²) in [7, 11) is 1.84. The van der Waals surface area contributed by atoms with Gasteiger partial charge in [-0.1, -0.05) is 0 Å². The molecule has 2 N–H and O–H groups in total. The Kier molecular flexibility index (Phi) is 3.67. The van der Waals surface area contributed by atoms with Crippen LogP contribution in [0.15, 0.2) is 47.1 Å². The van der Waals surface area contributed by atoms with Crippen molar-refractivity contribution in [3.63, 3.8) is 0 Å². The minimum Gasteiger partial charge on any atom is -0.467 e.